The predicted molar refractivity (Wildman–Crippen MR) is 140 cm³/mol. The second-order valence-corrected chi connectivity index (χ2v) is 9.69. The Hall–Kier alpha value is -4.13. The van der Waals surface area contributed by atoms with Crippen LogP contribution >= 0.6 is 0 Å². The molecule has 2 heterocycles. The maximum atomic E-state index is 13.5. The smallest absolute Gasteiger partial charge is 0.321 e. The molecule has 1 saturated heterocycles. The van der Waals surface area contributed by atoms with Gasteiger partial charge >= 0.3 is 6.03 Å². The number of hydrogen-bond donors (Lipinski definition) is 2. The first-order chi connectivity index (χ1) is 17.8. The fourth-order valence-electron chi connectivity index (χ4n) is 4.92. The van der Waals surface area contributed by atoms with Crippen molar-refractivity contribution in [1.82, 2.24) is 14.7 Å². The van der Waals surface area contributed by atoms with Crippen LogP contribution in [0.5, 0.6) is 0 Å². The number of halogens is 1. The maximum absolute atomic E-state index is 13.5. The summed E-state index contributed by atoms with van der Waals surface area (Å²) in [6.45, 7) is 8.21. The van der Waals surface area contributed by atoms with Gasteiger partial charge in [-0.2, -0.15) is 5.26 Å². The number of nitriles is 1. The molecule has 0 aromatic heterocycles. The largest absolute Gasteiger partial charge is 0.338 e. The van der Waals surface area contributed by atoms with Gasteiger partial charge in [-0.3, -0.25) is 4.79 Å². The van der Waals surface area contributed by atoms with Gasteiger partial charge in [-0.25, -0.2) is 9.18 Å². The molecule has 2 aromatic rings. The lowest BCUT2D eigenvalue weighted by atomic mass is 9.97. The first-order valence-corrected chi connectivity index (χ1v) is 12.4. The van der Waals surface area contributed by atoms with Crippen molar-refractivity contribution in [2.24, 2.45) is 10.9 Å². The Labute approximate surface area is 216 Å². The molecule has 37 heavy (non-hydrogen) atoms. The van der Waals surface area contributed by atoms with Crippen molar-refractivity contribution >= 4 is 29.3 Å². The fraction of sp³-hybridized carbons (Fsp3) is 0.407. The number of rotatable bonds is 3. The van der Waals surface area contributed by atoms with Crippen LogP contribution in [0.3, 0.4) is 0 Å². The Morgan fingerprint density at radius 2 is 1.89 bits per heavy atom. The molecule has 1 atom stereocenters. The van der Waals surface area contributed by atoms with Crippen molar-refractivity contribution in [3.63, 3.8) is 0 Å². The van der Waals surface area contributed by atoms with Gasteiger partial charge in [0.25, 0.3) is 0 Å². The van der Waals surface area contributed by atoms with Gasteiger partial charge in [-0.1, -0.05) is 32.0 Å². The van der Waals surface area contributed by atoms with Crippen molar-refractivity contribution in [2.45, 2.75) is 39.8 Å². The number of hydrogen-bond acceptors (Lipinski definition) is 4. The number of guanidine groups is 1. The van der Waals surface area contributed by atoms with Crippen molar-refractivity contribution in [1.29, 1.82) is 5.26 Å². The van der Waals surface area contributed by atoms with E-state index in [0.29, 0.717) is 50.8 Å². The van der Waals surface area contributed by atoms with Crippen molar-refractivity contribution < 1.29 is 14.0 Å². The summed E-state index contributed by atoms with van der Waals surface area (Å²) in [6.07, 6.45) is 2.63. The molecule has 0 radical (unpaired) electrons. The number of carbonyl (C=O) groups is 2. The number of nitrogens with one attached hydrogen (secondary N) is 2. The van der Waals surface area contributed by atoms with Gasteiger partial charge in [0.15, 0.2) is 0 Å². The van der Waals surface area contributed by atoms with Crippen LogP contribution in [0.15, 0.2) is 47.5 Å². The minimum atomic E-state index is -0.414. The van der Waals surface area contributed by atoms with Gasteiger partial charge in [0.05, 0.1) is 6.04 Å². The van der Waals surface area contributed by atoms with Crippen molar-refractivity contribution in [3.8, 4) is 6.19 Å². The number of carbonyl (C=O) groups excluding carboxylic acids is 2. The molecule has 2 aliphatic rings. The summed E-state index contributed by atoms with van der Waals surface area (Å²) in [5, 5.41) is 15.6. The van der Waals surface area contributed by atoms with Crippen LogP contribution in [0.4, 0.5) is 20.6 Å². The van der Waals surface area contributed by atoms with E-state index < -0.39 is 5.82 Å². The number of aliphatic imine (C=N–C) groups is 1. The first-order valence-electron chi connectivity index (χ1n) is 12.4. The average Bonchev–Trinajstić information content (AvgIpc) is 2.87. The molecule has 10 heteroatoms. The van der Waals surface area contributed by atoms with Gasteiger partial charge in [0.1, 0.15) is 5.82 Å². The van der Waals surface area contributed by atoms with E-state index in [1.165, 1.54) is 12.1 Å². The monoisotopic (exact) mass is 505 g/mol. The number of amides is 3. The topological polar surface area (TPSA) is 104 Å². The summed E-state index contributed by atoms with van der Waals surface area (Å²) in [4.78, 5) is 34.5. The molecular formula is C27H32FN7O2. The normalized spacial score (nSPS) is 17.8. The molecule has 1 unspecified atom stereocenters. The van der Waals surface area contributed by atoms with Gasteiger partial charge in [-0.15, -0.1) is 4.99 Å². The van der Waals surface area contributed by atoms with E-state index in [1.807, 2.05) is 34.2 Å². The number of anilines is 2. The number of benzene rings is 2. The van der Waals surface area contributed by atoms with Gasteiger partial charge < -0.3 is 25.3 Å². The molecule has 194 valence electrons. The van der Waals surface area contributed by atoms with Crippen LogP contribution in [0, 0.1) is 23.2 Å². The summed E-state index contributed by atoms with van der Waals surface area (Å²) in [5.74, 6) is 0.232. The first kappa shape index (κ1) is 25.9. The van der Waals surface area contributed by atoms with E-state index in [1.54, 1.807) is 24.0 Å². The zero-order valence-corrected chi connectivity index (χ0v) is 21.4. The lowest BCUT2D eigenvalue weighted by Crippen LogP contribution is -2.60. The van der Waals surface area contributed by atoms with E-state index in [4.69, 9.17) is 0 Å². The zero-order chi connectivity index (χ0) is 26.5. The van der Waals surface area contributed by atoms with Gasteiger partial charge in [0, 0.05) is 51.0 Å². The number of nitrogens with zero attached hydrogens (tertiary/aromatic N) is 5. The quantitative estimate of drug-likeness (QED) is 0.375. The minimum Gasteiger partial charge on any atom is -0.338 e. The number of piperazine rings is 1. The Bertz CT molecular complexity index is 1240. The van der Waals surface area contributed by atoms with Crippen molar-refractivity contribution in [3.05, 3.63) is 59.4 Å². The number of fused-ring (bicyclic) bond motifs is 1. The lowest BCUT2D eigenvalue weighted by molar-refractivity contribution is -0.129. The highest BCUT2D eigenvalue weighted by Crippen LogP contribution is 2.28. The highest BCUT2D eigenvalue weighted by molar-refractivity contribution is 5.96. The Morgan fingerprint density at radius 3 is 2.59 bits per heavy atom. The van der Waals surface area contributed by atoms with E-state index in [2.05, 4.69) is 29.5 Å². The van der Waals surface area contributed by atoms with Crippen LogP contribution in [0.25, 0.3) is 0 Å². The molecule has 2 aromatic carbocycles. The molecule has 2 aliphatic heterocycles. The minimum absolute atomic E-state index is 0.0508. The highest BCUT2D eigenvalue weighted by atomic mass is 19.1. The lowest BCUT2D eigenvalue weighted by Gasteiger charge is -2.44. The van der Waals surface area contributed by atoms with Gasteiger partial charge in [-0.05, 0) is 47.7 Å². The van der Waals surface area contributed by atoms with Crippen LogP contribution in [-0.4, -0.2) is 64.8 Å². The third-order valence-corrected chi connectivity index (χ3v) is 6.94. The van der Waals surface area contributed by atoms with Crippen LogP contribution in [0.1, 0.15) is 31.9 Å². The predicted octanol–water partition coefficient (Wildman–Crippen LogP) is 3.85. The van der Waals surface area contributed by atoms with E-state index >= 15 is 0 Å². The third-order valence-electron chi connectivity index (χ3n) is 6.94. The highest BCUT2D eigenvalue weighted by Gasteiger charge is 2.34. The second-order valence-electron chi connectivity index (χ2n) is 9.69. The Kier molecular flexibility index (Phi) is 7.92. The SMILES string of the molecule is CC(=O)N1CCc2c(cccc2N/C(=N/C#N)N2CCN(C(=O)Nc3cccc(F)c3)CC2C(C)C)C1. The fourth-order valence-corrected chi connectivity index (χ4v) is 4.92. The third kappa shape index (κ3) is 6.00. The molecule has 3 amide bonds. The van der Waals surface area contributed by atoms with Crippen molar-refractivity contribution in [2.75, 3.05) is 36.8 Å². The summed E-state index contributed by atoms with van der Waals surface area (Å²) >= 11 is 0. The molecular weight excluding hydrogens is 473 g/mol. The summed E-state index contributed by atoms with van der Waals surface area (Å²) in [7, 11) is 0. The van der Waals surface area contributed by atoms with E-state index in [9.17, 15) is 19.2 Å². The molecule has 2 N–H and O–H groups in total. The standard InChI is InChI=1S/C27H32FN7O2/c1-18(2)25-16-34(27(37)31-22-8-5-7-21(28)14-22)12-13-35(25)26(30-17-29)32-24-9-4-6-20-15-33(19(3)36)11-10-23(20)24/h4-9,14,18,25H,10-13,15-16H2,1-3H3,(H,30,32)(H,31,37). The maximum Gasteiger partial charge on any atom is 0.321 e. The average molecular weight is 506 g/mol. The molecule has 0 spiro atoms. The molecule has 4 rings (SSSR count). The molecule has 0 bridgehead atoms. The van der Waals surface area contributed by atoms with E-state index in [-0.39, 0.29) is 23.9 Å². The Balaban J connectivity index is 1.51. The van der Waals surface area contributed by atoms with E-state index in [0.717, 1.165) is 16.8 Å². The Morgan fingerprint density at radius 1 is 1.11 bits per heavy atom. The van der Waals surface area contributed by atoms with Gasteiger partial charge in [0.2, 0.25) is 18.1 Å². The molecule has 0 aliphatic carbocycles. The molecule has 0 saturated carbocycles. The molecule has 1 fully saturated rings. The summed E-state index contributed by atoms with van der Waals surface area (Å²) < 4.78 is 13.5. The summed E-state index contributed by atoms with van der Waals surface area (Å²) in [6, 6.07) is 11.3. The number of urea groups is 1. The molecule has 9 nitrogen and oxygen atoms in total. The van der Waals surface area contributed by atoms with Crippen LogP contribution < -0.4 is 10.6 Å². The van der Waals surface area contributed by atoms with Crippen LogP contribution in [0.2, 0.25) is 0 Å². The second kappa shape index (κ2) is 11.3. The summed E-state index contributed by atoms with van der Waals surface area (Å²) in [5.41, 5.74) is 3.45. The van der Waals surface area contributed by atoms with Crippen LogP contribution in [-0.2, 0) is 17.8 Å². The zero-order valence-electron chi connectivity index (χ0n) is 21.4.